The zero-order valence-electron chi connectivity index (χ0n) is 11.2. The first-order valence-electron chi connectivity index (χ1n) is 6.70. The van der Waals surface area contributed by atoms with Crippen LogP contribution in [0.2, 0.25) is 0 Å². The summed E-state index contributed by atoms with van der Waals surface area (Å²) in [7, 11) is 0. The highest BCUT2D eigenvalue weighted by Gasteiger charge is 2.33. The van der Waals surface area contributed by atoms with Gasteiger partial charge in [-0.05, 0) is 18.6 Å². The smallest absolute Gasteiger partial charge is 0.358 e. The third-order valence-electron chi connectivity index (χ3n) is 3.52. The van der Waals surface area contributed by atoms with Crippen LogP contribution in [0.15, 0.2) is 36.4 Å². The van der Waals surface area contributed by atoms with Crippen LogP contribution in [0.5, 0.6) is 0 Å². The van der Waals surface area contributed by atoms with Crippen molar-refractivity contribution in [1.29, 1.82) is 0 Å². The van der Waals surface area contributed by atoms with Gasteiger partial charge in [0.15, 0.2) is 5.69 Å². The van der Waals surface area contributed by atoms with Crippen molar-refractivity contribution in [3.63, 3.8) is 0 Å². The molecule has 0 aliphatic carbocycles. The molecule has 0 fully saturated rings. The second-order valence-corrected chi connectivity index (χ2v) is 4.80. The Morgan fingerprint density at radius 2 is 2.20 bits per heavy atom. The highest BCUT2D eigenvalue weighted by atomic mass is 16.5. The lowest BCUT2D eigenvalue weighted by molar-refractivity contribution is 0.0518. The molecule has 5 heteroatoms. The standard InChI is InChI=1S/C15H16N2O3/c1-2-20-15(19)11-8-13-14(18)9-12(17(13)16-11)10-6-4-3-5-7-10/h3-8,12,14,18H,2,9H2,1H3. The Hall–Kier alpha value is -2.14. The van der Waals surface area contributed by atoms with E-state index in [1.165, 1.54) is 0 Å². The average Bonchev–Trinajstić information content (AvgIpc) is 3.01. The lowest BCUT2D eigenvalue weighted by atomic mass is 10.0. The van der Waals surface area contributed by atoms with Crippen molar-refractivity contribution < 1.29 is 14.6 Å². The van der Waals surface area contributed by atoms with Gasteiger partial charge in [0.05, 0.1) is 24.4 Å². The second-order valence-electron chi connectivity index (χ2n) is 4.80. The molecule has 2 atom stereocenters. The van der Waals surface area contributed by atoms with Crippen LogP contribution in [0.4, 0.5) is 0 Å². The summed E-state index contributed by atoms with van der Waals surface area (Å²) in [6.45, 7) is 2.06. The van der Waals surface area contributed by atoms with E-state index in [9.17, 15) is 9.90 Å². The van der Waals surface area contributed by atoms with Crippen molar-refractivity contribution in [1.82, 2.24) is 9.78 Å². The fourth-order valence-corrected chi connectivity index (χ4v) is 2.60. The van der Waals surface area contributed by atoms with E-state index in [-0.39, 0.29) is 11.7 Å². The molecule has 1 aliphatic rings. The molecule has 1 N–H and O–H groups in total. The van der Waals surface area contributed by atoms with E-state index in [0.29, 0.717) is 18.7 Å². The van der Waals surface area contributed by atoms with Crippen molar-refractivity contribution in [3.8, 4) is 0 Å². The number of carbonyl (C=O) groups excluding carboxylic acids is 1. The lowest BCUT2D eigenvalue weighted by Gasteiger charge is -2.12. The molecule has 0 spiro atoms. The van der Waals surface area contributed by atoms with Gasteiger partial charge in [-0.15, -0.1) is 0 Å². The summed E-state index contributed by atoms with van der Waals surface area (Å²) in [4.78, 5) is 11.7. The molecule has 5 nitrogen and oxygen atoms in total. The minimum Gasteiger partial charge on any atom is -0.461 e. The maximum Gasteiger partial charge on any atom is 0.358 e. The number of nitrogens with zero attached hydrogens (tertiary/aromatic N) is 2. The average molecular weight is 272 g/mol. The largest absolute Gasteiger partial charge is 0.461 e. The SMILES string of the molecule is CCOC(=O)c1cc2n(n1)C(c1ccccc1)CC2O. The van der Waals surface area contributed by atoms with Crippen molar-refractivity contribution in [3.05, 3.63) is 53.3 Å². The van der Waals surface area contributed by atoms with Crippen molar-refractivity contribution in [2.45, 2.75) is 25.5 Å². The van der Waals surface area contributed by atoms with Crippen LogP contribution in [-0.4, -0.2) is 27.5 Å². The molecule has 20 heavy (non-hydrogen) atoms. The van der Waals surface area contributed by atoms with Gasteiger partial charge in [-0.2, -0.15) is 5.10 Å². The summed E-state index contributed by atoms with van der Waals surface area (Å²) in [6, 6.07) is 11.4. The van der Waals surface area contributed by atoms with Gasteiger partial charge < -0.3 is 9.84 Å². The first-order chi connectivity index (χ1) is 9.70. The number of hydrogen-bond acceptors (Lipinski definition) is 4. The van der Waals surface area contributed by atoms with Gasteiger partial charge in [0.1, 0.15) is 0 Å². The van der Waals surface area contributed by atoms with Crippen LogP contribution in [0, 0.1) is 0 Å². The number of rotatable bonds is 3. The number of benzene rings is 1. The van der Waals surface area contributed by atoms with E-state index in [1.54, 1.807) is 17.7 Å². The third-order valence-corrected chi connectivity index (χ3v) is 3.52. The number of esters is 1. The highest BCUT2D eigenvalue weighted by Crippen LogP contribution is 2.38. The number of ether oxygens (including phenoxy) is 1. The molecule has 2 unspecified atom stereocenters. The predicted molar refractivity (Wildman–Crippen MR) is 72.3 cm³/mol. The zero-order valence-corrected chi connectivity index (χ0v) is 11.2. The lowest BCUT2D eigenvalue weighted by Crippen LogP contribution is -2.11. The zero-order chi connectivity index (χ0) is 14.1. The molecule has 1 aromatic carbocycles. The maximum atomic E-state index is 11.7. The number of aliphatic hydroxyl groups is 1. The number of aromatic nitrogens is 2. The normalized spacial score (nSPS) is 20.7. The molecular formula is C15H16N2O3. The van der Waals surface area contributed by atoms with Crippen LogP contribution in [0.1, 0.15) is 47.2 Å². The van der Waals surface area contributed by atoms with Crippen LogP contribution >= 0.6 is 0 Å². The molecule has 0 bridgehead atoms. The minimum atomic E-state index is -0.601. The van der Waals surface area contributed by atoms with Crippen LogP contribution in [0.25, 0.3) is 0 Å². The molecule has 0 saturated carbocycles. The topological polar surface area (TPSA) is 64.4 Å². The van der Waals surface area contributed by atoms with Crippen molar-refractivity contribution in [2.24, 2.45) is 0 Å². The minimum absolute atomic E-state index is 0.0376. The molecule has 1 aliphatic heterocycles. The molecule has 1 aromatic heterocycles. The number of aliphatic hydroxyl groups excluding tert-OH is 1. The monoisotopic (exact) mass is 272 g/mol. The van der Waals surface area contributed by atoms with Gasteiger partial charge in [-0.1, -0.05) is 30.3 Å². The van der Waals surface area contributed by atoms with E-state index in [0.717, 1.165) is 5.56 Å². The second kappa shape index (κ2) is 5.09. The summed E-state index contributed by atoms with van der Waals surface area (Å²) in [5.41, 5.74) is 1.99. The summed E-state index contributed by atoms with van der Waals surface area (Å²) < 4.78 is 6.67. The van der Waals surface area contributed by atoms with E-state index in [1.807, 2.05) is 30.3 Å². The van der Waals surface area contributed by atoms with Gasteiger partial charge in [-0.25, -0.2) is 4.79 Å². The van der Waals surface area contributed by atoms with Gasteiger partial charge in [0.25, 0.3) is 0 Å². The molecule has 2 aromatic rings. The molecule has 0 saturated heterocycles. The van der Waals surface area contributed by atoms with Crippen molar-refractivity contribution >= 4 is 5.97 Å². The summed E-state index contributed by atoms with van der Waals surface area (Å²) in [6.07, 6.45) is -0.0222. The van der Waals surface area contributed by atoms with Gasteiger partial charge in [0.2, 0.25) is 0 Å². The first-order valence-corrected chi connectivity index (χ1v) is 6.70. The highest BCUT2D eigenvalue weighted by molar-refractivity contribution is 5.87. The van der Waals surface area contributed by atoms with Crippen molar-refractivity contribution in [2.75, 3.05) is 6.61 Å². The number of hydrogen-bond donors (Lipinski definition) is 1. The van der Waals surface area contributed by atoms with Gasteiger partial charge >= 0.3 is 5.97 Å². The fourth-order valence-electron chi connectivity index (χ4n) is 2.60. The summed E-state index contributed by atoms with van der Waals surface area (Å²) >= 11 is 0. The quantitative estimate of drug-likeness (QED) is 0.869. The van der Waals surface area contributed by atoms with Gasteiger partial charge in [0, 0.05) is 6.42 Å². The molecule has 104 valence electrons. The van der Waals surface area contributed by atoms with E-state index in [4.69, 9.17) is 4.74 Å². The van der Waals surface area contributed by atoms with E-state index in [2.05, 4.69) is 5.10 Å². The summed E-state index contributed by atoms with van der Waals surface area (Å²) in [5, 5.41) is 14.4. The Morgan fingerprint density at radius 1 is 1.45 bits per heavy atom. The Morgan fingerprint density at radius 3 is 2.90 bits per heavy atom. The Kier molecular flexibility index (Phi) is 3.28. The predicted octanol–water partition coefficient (Wildman–Crippen LogP) is 2.09. The molecule has 2 heterocycles. The number of carbonyl (C=O) groups is 1. The Balaban J connectivity index is 1.96. The number of fused-ring (bicyclic) bond motifs is 1. The van der Waals surface area contributed by atoms with Gasteiger partial charge in [-0.3, -0.25) is 4.68 Å². The van der Waals surface area contributed by atoms with Crippen LogP contribution in [-0.2, 0) is 4.74 Å². The van der Waals surface area contributed by atoms with E-state index >= 15 is 0 Å². The Labute approximate surface area is 116 Å². The van der Waals surface area contributed by atoms with E-state index < -0.39 is 12.1 Å². The molecule has 0 amide bonds. The van der Waals surface area contributed by atoms with Crippen LogP contribution < -0.4 is 0 Å². The molecular weight excluding hydrogens is 256 g/mol. The van der Waals surface area contributed by atoms with Crippen LogP contribution in [0.3, 0.4) is 0 Å². The summed E-state index contributed by atoms with van der Waals surface area (Å²) in [5.74, 6) is -0.451. The molecule has 0 radical (unpaired) electrons. The fraction of sp³-hybridized carbons (Fsp3) is 0.333. The maximum absolute atomic E-state index is 11.7. The Bertz CT molecular complexity index is 621. The molecule has 3 rings (SSSR count). The third kappa shape index (κ3) is 2.10. The first kappa shape index (κ1) is 12.9.